The molecule has 0 aliphatic heterocycles. The molecule has 0 bridgehead atoms. The third kappa shape index (κ3) is 4.50. The van der Waals surface area contributed by atoms with Crippen LogP contribution < -0.4 is 5.32 Å². The number of hydrogen-bond donors (Lipinski definition) is 1. The Balaban J connectivity index is 1.88. The van der Waals surface area contributed by atoms with E-state index in [0.717, 1.165) is 11.3 Å². The molecule has 1 unspecified atom stereocenters. The number of hydrogen-bond acceptors (Lipinski definition) is 6. The molecule has 1 aromatic rings. The van der Waals surface area contributed by atoms with Crippen LogP contribution in [0.4, 0.5) is 18.3 Å². The van der Waals surface area contributed by atoms with Crippen LogP contribution in [-0.4, -0.2) is 35.4 Å². The Morgan fingerprint density at radius 2 is 2.33 bits per heavy atom. The van der Waals surface area contributed by atoms with Crippen LogP contribution in [0.5, 0.6) is 0 Å². The lowest BCUT2D eigenvalue weighted by Gasteiger charge is -2.08. The topological polar surface area (TPSA) is 51.2 Å². The maximum Gasteiger partial charge on any atom is 0.441 e. The zero-order valence-corrected chi connectivity index (χ0v) is 13.0. The number of thiazole rings is 1. The fourth-order valence-corrected chi connectivity index (χ4v) is 3.60. The minimum atomic E-state index is -4.21. The van der Waals surface area contributed by atoms with Crippen molar-refractivity contribution in [1.29, 1.82) is 0 Å². The molecule has 0 amide bonds. The van der Waals surface area contributed by atoms with Gasteiger partial charge in [0, 0.05) is 17.2 Å². The number of aryl methyl sites for hydroxylation is 1. The van der Waals surface area contributed by atoms with Crippen molar-refractivity contribution in [2.45, 2.75) is 31.2 Å². The molecule has 0 radical (unpaired) electrons. The molecule has 21 heavy (non-hydrogen) atoms. The van der Waals surface area contributed by atoms with Crippen LogP contribution in [0.25, 0.3) is 0 Å². The Kier molecular flexibility index (Phi) is 5.37. The van der Waals surface area contributed by atoms with Gasteiger partial charge in [-0.2, -0.15) is 13.2 Å². The van der Waals surface area contributed by atoms with Gasteiger partial charge in [0.2, 0.25) is 0 Å². The molecule has 1 aliphatic rings. The van der Waals surface area contributed by atoms with E-state index >= 15 is 0 Å². The summed E-state index contributed by atoms with van der Waals surface area (Å²) in [6.45, 7) is 2.26. The second-order valence-corrected chi connectivity index (χ2v) is 6.64. The minimum Gasteiger partial charge on any atom is -0.465 e. The Labute approximate surface area is 128 Å². The molecule has 0 saturated heterocycles. The van der Waals surface area contributed by atoms with Gasteiger partial charge in [0.25, 0.3) is 0 Å². The zero-order chi connectivity index (χ0) is 15.5. The first-order valence-corrected chi connectivity index (χ1v) is 8.31. The summed E-state index contributed by atoms with van der Waals surface area (Å²) in [6.07, 6.45) is 1.45. The van der Waals surface area contributed by atoms with Crippen LogP contribution in [0.15, 0.2) is 0 Å². The van der Waals surface area contributed by atoms with E-state index in [-0.39, 0.29) is 35.9 Å². The van der Waals surface area contributed by atoms with E-state index in [0.29, 0.717) is 23.9 Å². The molecule has 0 aromatic carbocycles. The van der Waals surface area contributed by atoms with Gasteiger partial charge in [-0.3, -0.25) is 4.79 Å². The summed E-state index contributed by atoms with van der Waals surface area (Å²) in [7, 11) is 0. The standard InChI is InChI=1S/C12H15F3N2O2S2/c1-2-19-10(18)7-3-4-8-9(7)17-11(21-8)16-5-6-20-12(13,14)15/h7H,2-6H2,1H3,(H,16,17). The van der Waals surface area contributed by atoms with Gasteiger partial charge in [-0.25, -0.2) is 4.98 Å². The molecule has 118 valence electrons. The number of aromatic nitrogens is 1. The summed E-state index contributed by atoms with van der Waals surface area (Å²) in [5.74, 6) is -0.688. The SMILES string of the molecule is CCOC(=O)C1CCc2sc(NCCSC(F)(F)F)nc21. The van der Waals surface area contributed by atoms with Gasteiger partial charge in [-0.15, -0.1) is 11.3 Å². The summed E-state index contributed by atoms with van der Waals surface area (Å²) in [6, 6.07) is 0. The lowest BCUT2D eigenvalue weighted by atomic mass is 10.1. The summed E-state index contributed by atoms with van der Waals surface area (Å²) in [5.41, 5.74) is -3.49. The molecule has 1 aromatic heterocycles. The Morgan fingerprint density at radius 3 is 3.00 bits per heavy atom. The minimum absolute atomic E-state index is 0.0642. The van der Waals surface area contributed by atoms with Crippen molar-refractivity contribution in [3.05, 3.63) is 10.6 Å². The van der Waals surface area contributed by atoms with Crippen LogP contribution in [0.3, 0.4) is 0 Å². The number of nitrogens with one attached hydrogen (secondary N) is 1. The highest BCUT2D eigenvalue weighted by Gasteiger charge is 2.33. The predicted octanol–water partition coefficient (Wildman–Crippen LogP) is 3.40. The largest absolute Gasteiger partial charge is 0.465 e. The first-order valence-electron chi connectivity index (χ1n) is 6.51. The Morgan fingerprint density at radius 1 is 1.57 bits per heavy atom. The van der Waals surface area contributed by atoms with Gasteiger partial charge < -0.3 is 10.1 Å². The number of esters is 1. The number of nitrogens with zero attached hydrogens (tertiary/aromatic N) is 1. The molecule has 4 nitrogen and oxygen atoms in total. The van der Waals surface area contributed by atoms with Gasteiger partial charge in [0.15, 0.2) is 5.13 Å². The van der Waals surface area contributed by atoms with Crippen molar-refractivity contribution >= 4 is 34.2 Å². The molecule has 1 aliphatic carbocycles. The van der Waals surface area contributed by atoms with Crippen LogP contribution in [0.2, 0.25) is 0 Å². The highest BCUT2D eigenvalue weighted by Crippen LogP contribution is 2.39. The highest BCUT2D eigenvalue weighted by molar-refractivity contribution is 8.00. The molecule has 1 heterocycles. The number of alkyl halides is 3. The first-order chi connectivity index (χ1) is 9.90. The molecule has 0 spiro atoms. The first kappa shape index (κ1) is 16.4. The number of rotatable bonds is 6. The number of fused-ring (bicyclic) bond motifs is 1. The summed E-state index contributed by atoms with van der Waals surface area (Å²) in [4.78, 5) is 17.1. The molecule has 0 saturated carbocycles. The highest BCUT2D eigenvalue weighted by atomic mass is 32.2. The monoisotopic (exact) mass is 340 g/mol. The smallest absolute Gasteiger partial charge is 0.441 e. The number of thioether (sulfide) groups is 1. The fraction of sp³-hybridized carbons (Fsp3) is 0.667. The maximum absolute atomic E-state index is 12.0. The summed E-state index contributed by atoms with van der Waals surface area (Å²) >= 11 is 1.33. The average Bonchev–Trinajstić information content (AvgIpc) is 2.93. The van der Waals surface area contributed by atoms with Crippen LogP contribution in [0, 0.1) is 0 Å². The fourth-order valence-electron chi connectivity index (χ4n) is 2.10. The third-order valence-electron chi connectivity index (χ3n) is 2.93. The molecular weight excluding hydrogens is 325 g/mol. The van der Waals surface area contributed by atoms with Crippen LogP contribution in [-0.2, 0) is 16.0 Å². The van der Waals surface area contributed by atoms with Crippen molar-refractivity contribution in [2.24, 2.45) is 0 Å². The van der Waals surface area contributed by atoms with Gasteiger partial charge in [-0.1, -0.05) is 0 Å². The number of halogens is 3. The normalized spacial score (nSPS) is 17.6. The van der Waals surface area contributed by atoms with E-state index in [1.165, 1.54) is 11.3 Å². The van der Waals surface area contributed by atoms with E-state index < -0.39 is 5.51 Å². The predicted molar refractivity (Wildman–Crippen MR) is 76.8 cm³/mol. The number of ether oxygens (including phenoxy) is 1. The van der Waals surface area contributed by atoms with Crippen molar-refractivity contribution in [2.75, 3.05) is 24.2 Å². The van der Waals surface area contributed by atoms with Gasteiger partial charge in [0.1, 0.15) is 5.92 Å². The van der Waals surface area contributed by atoms with Crippen molar-refractivity contribution < 1.29 is 22.7 Å². The zero-order valence-electron chi connectivity index (χ0n) is 11.3. The molecular formula is C12H15F3N2O2S2. The van der Waals surface area contributed by atoms with E-state index in [4.69, 9.17) is 4.74 Å². The second kappa shape index (κ2) is 6.87. The van der Waals surface area contributed by atoms with Crippen molar-refractivity contribution in [1.82, 2.24) is 4.98 Å². The molecule has 2 rings (SSSR count). The van der Waals surface area contributed by atoms with Crippen molar-refractivity contribution in [3.63, 3.8) is 0 Å². The average molecular weight is 340 g/mol. The lowest BCUT2D eigenvalue weighted by molar-refractivity contribution is -0.145. The van der Waals surface area contributed by atoms with Crippen LogP contribution in [0.1, 0.15) is 29.8 Å². The number of anilines is 1. The molecule has 1 N–H and O–H groups in total. The second-order valence-electron chi connectivity index (χ2n) is 4.39. The summed E-state index contributed by atoms with van der Waals surface area (Å²) in [5, 5.41) is 3.44. The van der Waals surface area contributed by atoms with Crippen molar-refractivity contribution in [3.8, 4) is 0 Å². The molecule has 1 atom stereocenters. The number of carbonyl (C=O) groups is 1. The summed E-state index contributed by atoms with van der Waals surface area (Å²) < 4.78 is 41.0. The Bertz CT molecular complexity index is 505. The maximum atomic E-state index is 12.0. The van der Waals surface area contributed by atoms with Gasteiger partial charge in [0.05, 0.1) is 12.3 Å². The molecule has 9 heteroatoms. The van der Waals surface area contributed by atoms with E-state index in [1.54, 1.807) is 6.92 Å². The van der Waals surface area contributed by atoms with E-state index in [9.17, 15) is 18.0 Å². The molecule has 0 fully saturated rings. The van der Waals surface area contributed by atoms with Gasteiger partial charge in [-0.05, 0) is 31.5 Å². The van der Waals surface area contributed by atoms with E-state index in [1.807, 2.05) is 0 Å². The quantitative estimate of drug-likeness (QED) is 0.635. The van der Waals surface area contributed by atoms with Gasteiger partial charge >= 0.3 is 11.5 Å². The third-order valence-corrected chi connectivity index (χ3v) is 4.76. The Hall–Kier alpha value is -0.960. The number of carbonyl (C=O) groups excluding carboxylic acids is 1. The van der Waals surface area contributed by atoms with E-state index in [2.05, 4.69) is 10.3 Å². The lowest BCUT2D eigenvalue weighted by Crippen LogP contribution is -2.14. The van der Waals surface area contributed by atoms with Crippen LogP contribution >= 0.6 is 23.1 Å².